The van der Waals surface area contributed by atoms with Crippen LogP contribution in [0.2, 0.25) is 0 Å². The summed E-state index contributed by atoms with van der Waals surface area (Å²) in [6, 6.07) is -7.85. The van der Waals surface area contributed by atoms with E-state index in [0.717, 1.165) is 24.7 Å². The van der Waals surface area contributed by atoms with Crippen LogP contribution >= 0.6 is 22.7 Å². The van der Waals surface area contributed by atoms with Gasteiger partial charge in [0.15, 0.2) is 18.7 Å². The number of halogens is 1. The van der Waals surface area contributed by atoms with Crippen molar-refractivity contribution in [1.82, 2.24) is 71.8 Å². The molecule has 0 saturated carbocycles. The van der Waals surface area contributed by atoms with Crippen molar-refractivity contribution in [2.24, 2.45) is 28.9 Å². The molecule has 8 amide bonds. The number of rotatable bonds is 35. The fourth-order valence-electron chi connectivity index (χ4n) is 10.2. The number of anilines is 1. The Bertz CT molecular complexity index is 3870. The van der Waals surface area contributed by atoms with E-state index in [1.165, 1.54) is 50.4 Å². The highest BCUT2D eigenvalue weighted by Crippen LogP contribution is 2.35. The number of carbonyl (C=O) groups excluding carboxylic acids is 8. The molecule has 19 atom stereocenters. The van der Waals surface area contributed by atoms with Crippen LogP contribution < -0.4 is 71.8 Å². The second kappa shape index (κ2) is 39.6. The SMILES string of the molecule is Cc1c(N)nc([C@H](CC(N)=O)NC[C@H](N)C(N)=O)nc1C(=O)N[C@H](C(=O)N[C@H](C)[C@@H](O)[C@H](C)C(=O)N[C@H](C(=O)NCCc1nc(-c2nc(C(=O)NCCC[S+](C)C)cs2)cs1)[C@@H](C)O)[C@@H](O[C@@H]1O[C@@H](CO)[C@H](O)[C@@H](O)[C@@H]1O[C@@H]1O[C@@H](CO)[C@H](O)[C@@H](OC(N)=O)[C@@H]1O)c1cnc[nH]1.O=c1[nH]cc(F)c(=O)[nH]1. The zero-order valence-electron chi connectivity index (χ0n) is 57.1. The summed E-state index contributed by atoms with van der Waals surface area (Å²) in [5.74, 6) is -8.68. The number of primary amides is 3. The highest BCUT2D eigenvalue weighted by atomic mass is 32.2. The number of hydrogen-bond donors (Lipinski definition) is 22. The van der Waals surface area contributed by atoms with Gasteiger partial charge in [0.2, 0.25) is 35.4 Å². The largest absolute Gasteiger partial charge is 0.441 e. The molecule has 46 heteroatoms. The van der Waals surface area contributed by atoms with E-state index in [9.17, 15) is 88.4 Å². The number of nitrogens with zero attached hydrogens (tertiary/aromatic N) is 5. The lowest BCUT2D eigenvalue weighted by atomic mass is 9.96. The lowest BCUT2D eigenvalue weighted by Gasteiger charge is -2.47. The van der Waals surface area contributed by atoms with Crippen LogP contribution in [0.5, 0.6) is 0 Å². The van der Waals surface area contributed by atoms with Crippen LogP contribution in [0.1, 0.15) is 88.8 Å². The number of aliphatic hydroxyl groups excluding tert-OH is 8. The van der Waals surface area contributed by atoms with Crippen LogP contribution in [0, 0.1) is 18.7 Å². The van der Waals surface area contributed by atoms with Crippen molar-refractivity contribution in [2.45, 2.75) is 157 Å². The molecule has 7 heterocycles. The predicted molar refractivity (Wildman–Crippen MR) is 366 cm³/mol. The molecule has 0 spiro atoms. The minimum absolute atomic E-state index is 0.00498. The van der Waals surface area contributed by atoms with Crippen molar-refractivity contribution in [3.05, 3.63) is 89.6 Å². The molecular formula is C59H87FN19O23S3+. The molecule has 0 unspecified atom stereocenters. The first kappa shape index (κ1) is 85.2. The van der Waals surface area contributed by atoms with Gasteiger partial charge in [-0.3, -0.25) is 43.3 Å². The Kier molecular flexibility index (Phi) is 32.1. The van der Waals surface area contributed by atoms with E-state index in [1.54, 1.807) is 15.7 Å². The van der Waals surface area contributed by atoms with E-state index >= 15 is 4.79 Å². The van der Waals surface area contributed by atoms with E-state index in [4.69, 9.17) is 52.4 Å². The van der Waals surface area contributed by atoms with Crippen molar-refractivity contribution in [1.29, 1.82) is 0 Å². The number of H-pyrrole nitrogens is 3. The van der Waals surface area contributed by atoms with Gasteiger partial charge in [0.1, 0.15) is 100 Å². The maximum absolute atomic E-state index is 15.2. The lowest BCUT2D eigenvalue weighted by Crippen LogP contribution is -2.65. The standard InChI is InChI=1S/C55H83N17O21S3.C4H3FN2O2/c1-20-33(69-46(72-44(20)58)25(12-31(57)76)64-13-24(56)45(59)82)50(86)71-35(41(26-14-61-19-65-26)91-54-43(39(80)37(78)29(15-73)90-54)92-53-40(81)42(93-55(60)88)38(79)30(16-74)89-53)51(87)66-22(3)36(77)21(2)47(83)70-34(23(4)75)49(85)63-10-8-32-67-28(18-94-32)52-68-27(17-95-52)48(84)62-9-7-11-96(5)6;5-2-1-6-4(9)7-3(2)8/h14,17-19,21-25,29-30,34-43,53-54,64,73-75,77-81H,7-13,15-16,56H2,1-6H3,(H13-,57,58,59,60,61,62,63,65,66,69,70,71,72,76,82,83,84,85,86,87,88);1H,(H2,6,7,8,9)/p+1/t21-,22+,23+,24-,25-,29-,30-,34-,35-,36-,37-,38-,39+,40-,41-,42+,43-,53-,54-;/m0./s1. The molecule has 0 aromatic carbocycles. The van der Waals surface area contributed by atoms with Gasteiger partial charge in [-0.25, -0.2) is 34.5 Å². The number of aromatic amines is 3. The summed E-state index contributed by atoms with van der Waals surface area (Å²) in [6.07, 6.45) is -19.3. The van der Waals surface area contributed by atoms with Crippen LogP contribution in [0.3, 0.4) is 0 Å². The van der Waals surface area contributed by atoms with Gasteiger partial charge in [0.25, 0.3) is 17.4 Å². The van der Waals surface area contributed by atoms with E-state index < -0.39 is 200 Å². The predicted octanol–water partition coefficient (Wildman–Crippen LogP) is -8.50. The van der Waals surface area contributed by atoms with Crippen molar-refractivity contribution >= 4 is 86.8 Å². The minimum Gasteiger partial charge on any atom is -0.441 e. The molecule has 2 saturated heterocycles. The van der Waals surface area contributed by atoms with Crippen LogP contribution in [-0.2, 0) is 65.0 Å². The number of hydrogen-bond acceptors (Lipinski definition) is 33. The van der Waals surface area contributed by atoms with Crippen LogP contribution in [0.25, 0.3) is 10.7 Å². The fourth-order valence-corrected chi connectivity index (χ4v) is 12.5. The summed E-state index contributed by atoms with van der Waals surface area (Å²) >= 11 is 2.52. The molecule has 5 aromatic heterocycles. The van der Waals surface area contributed by atoms with Crippen LogP contribution in [-0.4, -0.2) is 277 Å². The Morgan fingerprint density at radius 2 is 1.48 bits per heavy atom. The van der Waals surface area contributed by atoms with Gasteiger partial charge < -0.3 is 135 Å². The molecule has 0 aliphatic carbocycles. The molecule has 2 aliphatic heterocycles. The number of ether oxygens (including phenoxy) is 5. The smallest absolute Gasteiger partial charge is 0.404 e. The molecule has 42 nitrogen and oxygen atoms in total. The first-order chi connectivity index (χ1) is 49.5. The number of aliphatic hydroxyl groups is 8. The topological polar surface area (TPSA) is 693 Å². The van der Waals surface area contributed by atoms with Gasteiger partial charge in [-0.05, 0) is 31.7 Å². The first-order valence-electron chi connectivity index (χ1n) is 32.0. The maximum Gasteiger partial charge on any atom is 0.404 e. The third-order valence-electron chi connectivity index (χ3n) is 16.1. The molecule has 0 radical (unpaired) electrons. The Hall–Kier alpha value is -8.69. The summed E-state index contributed by atoms with van der Waals surface area (Å²) in [4.78, 5) is 155. The summed E-state index contributed by atoms with van der Waals surface area (Å²) in [6.45, 7) is 3.18. The molecule has 7 rings (SSSR count). The Morgan fingerprint density at radius 3 is 2.09 bits per heavy atom. The van der Waals surface area contributed by atoms with Gasteiger partial charge >= 0.3 is 11.8 Å². The van der Waals surface area contributed by atoms with E-state index in [0.29, 0.717) is 28.5 Å². The monoisotopic (exact) mass is 1540 g/mol. The number of nitrogens with one attached hydrogen (secondary N) is 9. The van der Waals surface area contributed by atoms with E-state index in [-0.39, 0.29) is 64.9 Å². The molecule has 105 heavy (non-hydrogen) atoms. The molecule has 2 aliphatic rings. The number of thiazole rings is 2. The van der Waals surface area contributed by atoms with Crippen molar-refractivity contribution in [2.75, 3.05) is 56.8 Å². The number of carbonyl (C=O) groups is 8. The lowest BCUT2D eigenvalue weighted by molar-refractivity contribution is -0.372. The van der Waals surface area contributed by atoms with E-state index in [1.807, 2.05) is 4.98 Å². The number of imidazole rings is 1. The zero-order valence-corrected chi connectivity index (χ0v) is 59.6. The average molecular weight is 1550 g/mol. The number of aromatic nitrogens is 8. The van der Waals surface area contributed by atoms with Crippen molar-refractivity contribution in [3.63, 3.8) is 0 Å². The second-order valence-electron chi connectivity index (χ2n) is 24.2. The second-order valence-corrected chi connectivity index (χ2v) is 28.4. The zero-order chi connectivity index (χ0) is 77.8. The van der Waals surface area contributed by atoms with E-state index in [2.05, 4.69) is 74.3 Å². The molecule has 580 valence electrons. The molecule has 2 fully saturated rings. The third-order valence-corrected chi connectivity index (χ3v) is 18.9. The minimum atomic E-state index is -2.20. The quantitative estimate of drug-likeness (QED) is 0.0132. The highest BCUT2D eigenvalue weighted by molar-refractivity contribution is 7.95. The summed E-state index contributed by atoms with van der Waals surface area (Å²) in [5.41, 5.74) is 26.4. The van der Waals surface area contributed by atoms with Gasteiger partial charge in [0.05, 0.1) is 85.2 Å². The van der Waals surface area contributed by atoms with Crippen molar-refractivity contribution in [3.8, 4) is 10.7 Å². The highest BCUT2D eigenvalue weighted by Gasteiger charge is 2.54. The summed E-state index contributed by atoms with van der Waals surface area (Å²) < 4.78 is 40.7. The Labute approximate surface area is 606 Å². The Balaban J connectivity index is 0.00000178. The number of nitrogen functional groups attached to an aromatic ring is 1. The number of amides is 8. The fraction of sp³-hybridized carbons (Fsp3) is 0.576. The maximum atomic E-state index is 15.2. The summed E-state index contributed by atoms with van der Waals surface area (Å²) in [7, 11) is 0.254. The van der Waals surface area contributed by atoms with Gasteiger partial charge in [-0.2, -0.15) is 4.39 Å². The molecular weight excluding hydrogens is 1460 g/mol. The van der Waals surface area contributed by atoms with Gasteiger partial charge in [-0.15, -0.1) is 22.7 Å². The molecule has 5 aromatic rings. The average Bonchev–Trinajstić information content (AvgIpc) is 1.06. The van der Waals surface area contributed by atoms with Crippen molar-refractivity contribution < 1.29 is 107 Å². The molecule has 27 N–H and O–H groups in total. The third kappa shape index (κ3) is 23.7. The normalized spacial score (nSPS) is 22.8. The first-order valence-corrected chi connectivity index (χ1v) is 36.0. The van der Waals surface area contributed by atoms with Crippen LogP contribution in [0.4, 0.5) is 15.0 Å². The number of nitrogens with two attached hydrogens (primary N) is 5. The van der Waals surface area contributed by atoms with Gasteiger partial charge in [0, 0.05) is 61.4 Å². The van der Waals surface area contributed by atoms with Gasteiger partial charge in [-0.1, -0.05) is 6.92 Å². The molecule has 0 bridgehead atoms. The Morgan fingerprint density at radius 1 is 0.790 bits per heavy atom. The van der Waals surface area contributed by atoms with Crippen LogP contribution in [0.15, 0.2) is 39.1 Å². The summed E-state index contributed by atoms with van der Waals surface area (Å²) in [5, 5.41) is 108.